The molecule has 0 aliphatic carbocycles. The lowest BCUT2D eigenvalue weighted by molar-refractivity contribution is 0.0670. The minimum atomic E-state index is -0.299. The maximum Gasteiger partial charge on any atom is 0.258 e. The smallest absolute Gasteiger partial charge is 0.258 e. The van der Waals surface area contributed by atoms with Crippen molar-refractivity contribution >= 4 is 16.9 Å². The zero-order valence-corrected chi connectivity index (χ0v) is 14.4. The van der Waals surface area contributed by atoms with Crippen LogP contribution < -0.4 is 0 Å². The van der Waals surface area contributed by atoms with E-state index >= 15 is 0 Å². The zero-order chi connectivity index (χ0) is 17.6. The van der Waals surface area contributed by atoms with Crippen LogP contribution in [0.2, 0.25) is 0 Å². The fourth-order valence-electron chi connectivity index (χ4n) is 3.45. The third-order valence-corrected chi connectivity index (χ3v) is 4.67. The van der Waals surface area contributed by atoms with Crippen LogP contribution >= 0.6 is 0 Å². The first-order valence-corrected chi connectivity index (χ1v) is 8.20. The number of amides is 1. The highest BCUT2D eigenvalue weighted by atomic mass is 16.5. The first kappa shape index (κ1) is 15.8. The predicted octanol–water partition coefficient (Wildman–Crippen LogP) is 3.03. The van der Waals surface area contributed by atoms with Gasteiger partial charge in [0.1, 0.15) is 17.4 Å². The number of furan rings is 1. The van der Waals surface area contributed by atoms with Gasteiger partial charge in [0.05, 0.1) is 11.7 Å². The van der Waals surface area contributed by atoms with E-state index in [1.54, 1.807) is 18.9 Å². The Labute approximate surface area is 144 Å². The molecule has 7 nitrogen and oxygen atoms in total. The van der Waals surface area contributed by atoms with E-state index in [4.69, 9.17) is 13.7 Å². The Kier molecular flexibility index (Phi) is 3.80. The van der Waals surface area contributed by atoms with E-state index < -0.39 is 0 Å². The third-order valence-electron chi connectivity index (χ3n) is 4.67. The molecule has 130 valence electrons. The molecule has 1 saturated heterocycles. The maximum absolute atomic E-state index is 13.3. The van der Waals surface area contributed by atoms with Crippen molar-refractivity contribution in [3.63, 3.8) is 0 Å². The maximum atomic E-state index is 13.3. The summed E-state index contributed by atoms with van der Waals surface area (Å²) >= 11 is 0. The summed E-state index contributed by atoms with van der Waals surface area (Å²) in [6.07, 6.45) is 0.554. The van der Waals surface area contributed by atoms with Crippen LogP contribution in [0.25, 0.3) is 11.0 Å². The van der Waals surface area contributed by atoms with Gasteiger partial charge in [0.15, 0.2) is 5.82 Å². The molecule has 7 heteroatoms. The molecule has 25 heavy (non-hydrogen) atoms. The van der Waals surface area contributed by atoms with E-state index in [9.17, 15) is 4.79 Å². The second-order valence-electron chi connectivity index (χ2n) is 6.28. The first-order valence-electron chi connectivity index (χ1n) is 8.20. The van der Waals surface area contributed by atoms with Crippen molar-refractivity contribution in [2.75, 3.05) is 13.7 Å². The van der Waals surface area contributed by atoms with Crippen molar-refractivity contribution in [3.05, 3.63) is 47.3 Å². The lowest BCUT2D eigenvalue weighted by Gasteiger charge is -2.21. The number of rotatable bonds is 3. The molecule has 1 aliphatic rings. The summed E-state index contributed by atoms with van der Waals surface area (Å²) in [5.74, 6) is 1.49. The number of para-hydroxylation sites is 1. The molecule has 3 aromatic rings. The molecular formula is C18H19N3O4. The van der Waals surface area contributed by atoms with Gasteiger partial charge in [-0.2, -0.15) is 4.98 Å². The quantitative estimate of drug-likeness (QED) is 0.728. The van der Waals surface area contributed by atoms with Gasteiger partial charge in [-0.05, 0) is 19.9 Å². The number of benzene rings is 1. The number of ether oxygens (including phenoxy) is 1. The average molecular weight is 341 g/mol. The fraction of sp³-hybridized carbons (Fsp3) is 0.389. The van der Waals surface area contributed by atoms with Gasteiger partial charge in [-0.25, -0.2) is 0 Å². The van der Waals surface area contributed by atoms with Crippen LogP contribution in [0.3, 0.4) is 0 Å². The van der Waals surface area contributed by atoms with Gasteiger partial charge in [0, 0.05) is 25.5 Å². The van der Waals surface area contributed by atoms with Crippen molar-refractivity contribution in [1.82, 2.24) is 15.0 Å². The summed E-state index contributed by atoms with van der Waals surface area (Å²) < 4.78 is 16.5. The molecule has 1 fully saturated rings. The molecule has 0 unspecified atom stereocenters. The highest BCUT2D eigenvalue weighted by Gasteiger charge is 2.41. The lowest BCUT2D eigenvalue weighted by atomic mass is 10.1. The normalized spacial score (nSPS) is 20.5. The summed E-state index contributed by atoms with van der Waals surface area (Å²) in [4.78, 5) is 19.4. The number of hydrogen-bond donors (Lipinski definition) is 0. The van der Waals surface area contributed by atoms with Gasteiger partial charge in [-0.15, -0.1) is 0 Å². The molecule has 0 spiro atoms. The molecule has 2 atom stereocenters. The van der Waals surface area contributed by atoms with Gasteiger partial charge in [0.2, 0.25) is 5.89 Å². The third kappa shape index (κ3) is 2.60. The van der Waals surface area contributed by atoms with Gasteiger partial charge in [0.25, 0.3) is 5.91 Å². The van der Waals surface area contributed by atoms with Crippen molar-refractivity contribution in [3.8, 4) is 0 Å². The molecule has 1 amide bonds. The topological polar surface area (TPSA) is 81.6 Å². The fourth-order valence-corrected chi connectivity index (χ4v) is 3.45. The minimum absolute atomic E-state index is 0.0698. The Hall–Kier alpha value is -2.67. The van der Waals surface area contributed by atoms with Gasteiger partial charge in [-0.3, -0.25) is 4.79 Å². The van der Waals surface area contributed by atoms with E-state index in [-0.39, 0.29) is 18.1 Å². The number of aryl methyl sites for hydroxylation is 2. The van der Waals surface area contributed by atoms with Crippen LogP contribution in [0.1, 0.15) is 40.3 Å². The van der Waals surface area contributed by atoms with Crippen LogP contribution in [0.5, 0.6) is 0 Å². The highest BCUT2D eigenvalue weighted by Crippen LogP contribution is 2.36. The Bertz CT molecular complexity index is 929. The van der Waals surface area contributed by atoms with E-state index in [1.165, 1.54) is 0 Å². The SMILES string of the molecule is CO[C@H]1C[C@H](c2nc(C)no2)N(C(=O)c2c(C)oc3ccccc23)C1. The molecule has 0 radical (unpaired) electrons. The van der Waals surface area contributed by atoms with Gasteiger partial charge in [-0.1, -0.05) is 23.4 Å². The molecule has 1 aromatic carbocycles. The van der Waals surface area contributed by atoms with Crippen LogP contribution in [-0.4, -0.2) is 40.7 Å². The first-order chi connectivity index (χ1) is 12.1. The number of carbonyl (C=O) groups is 1. The van der Waals surface area contributed by atoms with Crippen LogP contribution in [-0.2, 0) is 4.74 Å². The van der Waals surface area contributed by atoms with Crippen molar-refractivity contribution < 1.29 is 18.5 Å². The summed E-state index contributed by atoms with van der Waals surface area (Å²) in [5.41, 5.74) is 1.28. The average Bonchev–Trinajstić information content (AvgIpc) is 3.29. The molecule has 0 bridgehead atoms. The molecule has 4 rings (SSSR count). The Morgan fingerprint density at radius 3 is 2.84 bits per heavy atom. The van der Waals surface area contributed by atoms with Crippen LogP contribution in [0.15, 0.2) is 33.2 Å². The van der Waals surface area contributed by atoms with Gasteiger partial charge < -0.3 is 18.6 Å². The lowest BCUT2D eigenvalue weighted by Crippen LogP contribution is -2.32. The number of methoxy groups -OCH3 is 1. The number of fused-ring (bicyclic) bond motifs is 1. The Morgan fingerprint density at radius 2 is 2.12 bits per heavy atom. The summed E-state index contributed by atoms with van der Waals surface area (Å²) in [5, 5.41) is 4.66. The molecule has 0 N–H and O–H groups in total. The number of carbonyl (C=O) groups excluding carboxylic acids is 1. The van der Waals surface area contributed by atoms with Crippen molar-refractivity contribution in [2.45, 2.75) is 32.4 Å². The Morgan fingerprint density at radius 1 is 1.32 bits per heavy atom. The summed E-state index contributed by atoms with van der Waals surface area (Å²) in [6, 6.07) is 7.25. The Balaban J connectivity index is 1.75. The van der Waals surface area contributed by atoms with E-state index in [0.717, 1.165) is 5.39 Å². The minimum Gasteiger partial charge on any atom is -0.461 e. The number of hydrogen-bond acceptors (Lipinski definition) is 6. The second-order valence-corrected chi connectivity index (χ2v) is 6.28. The van der Waals surface area contributed by atoms with Crippen LogP contribution in [0.4, 0.5) is 0 Å². The molecule has 2 aromatic heterocycles. The largest absolute Gasteiger partial charge is 0.461 e. The van der Waals surface area contributed by atoms with E-state index in [0.29, 0.717) is 41.6 Å². The zero-order valence-electron chi connectivity index (χ0n) is 14.4. The molecule has 3 heterocycles. The van der Waals surface area contributed by atoms with Crippen molar-refractivity contribution in [2.24, 2.45) is 0 Å². The molecule has 1 aliphatic heterocycles. The van der Waals surface area contributed by atoms with E-state index in [1.807, 2.05) is 31.2 Å². The summed E-state index contributed by atoms with van der Waals surface area (Å²) in [7, 11) is 1.65. The van der Waals surface area contributed by atoms with Crippen molar-refractivity contribution in [1.29, 1.82) is 0 Å². The highest BCUT2D eigenvalue weighted by molar-refractivity contribution is 6.07. The van der Waals surface area contributed by atoms with Crippen LogP contribution in [0, 0.1) is 13.8 Å². The standard InChI is InChI=1S/C18H19N3O4/c1-10-16(13-6-4-5-7-15(13)24-10)18(22)21-9-12(23-3)8-14(21)17-19-11(2)20-25-17/h4-7,12,14H,8-9H2,1-3H3/t12-,14+/m0/s1. The predicted molar refractivity (Wildman–Crippen MR) is 89.2 cm³/mol. The van der Waals surface area contributed by atoms with Gasteiger partial charge >= 0.3 is 0 Å². The molecule has 0 saturated carbocycles. The number of likely N-dealkylation sites (tertiary alicyclic amines) is 1. The number of aromatic nitrogens is 2. The molecular weight excluding hydrogens is 322 g/mol. The summed E-state index contributed by atoms with van der Waals surface area (Å²) in [6.45, 7) is 4.04. The second kappa shape index (κ2) is 6.00. The van der Waals surface area contributed by atoms with E-state index in [2.05, 4.69) is 10.1 Å². The number of nitrogens with zero attached hydrogens (tertiary/aromatic N) is 3. The monoisotopic (exact) mass is 341 g/mol.